The number of nitrogens with one attached hydrogen (secondary N) is 1. The van der Waals surface area contributed by atoms with Crippen LogP contribution in [0.3, 0.4) is 0 Å². The van der Waals surface area contributed by atoms with E-state index in [-0.39, 0.29) is 0 Å². The Bertz CT molecular complexity index is 291. The van der Waals surface area contributed by atoms with Crippen molar-refractivity contribution < 1.29 is 4.79 Å². The fourth-order valence-electron chi connectivity index (χ4n) is 2.85. The number of hydrogen-bond acceptors (Lipinski definition) is 3. The first-order valence-corrected chi connectivity index (χ1v) is 8.02. The minimum absolute atomic E-state index is 0.376. The molecule has 1 saturated heterocycles. The van der Waals surface area contributed by atoms with Crippen LogP contribution in [0.1, 0.15) is 32.1 Å². The van der Waals surface area contributed by atoms with E-state index in [4.69, 9.17) is 0 Å². The van der Waals surface area contributed by atoms with Gasteiger partial charge in [-0.1, -0.05) is 0 Å². The summed E-state index contributed by atoms with van der Waals surface area (Å²) in [5.41, 5.74) is 0. The minimum atomic E-state index is 0.376. The van der Waals surface area contributed by atoms with Crippen molar-refractivity contribution in [3.8, 4) is 0 Å². The molecule has 1 N–H and O–H groups in total. The third kappa shape index (κ3) is 4.46. The Hall–Kier alpha value is -0.610. The van der Waals surface area contributed by atoms with Crippen molar-refractivity contribution in [2.24, 2.45) is 11.8 Å². The largest absolute Gasteiger partial charge is 0.341 e. The number of carbonyl (C=O) groups excluding carboxylic acids is 1. The molecule has 0 unspecified atom stereocenters. The maximum Gasteiger partial charge on any atom is 0.236 e. The normalized spacial score (nSPS) is 25.1. The van der Waals surface area contributed by atoms with E-state index < -0.39 is 0 Å². The molecule has 3 rings (SSSR count). The first kappa shape index (κ1) is 13.4. The second kappa shape index (κ2) is 6.23. The van der Waals surface area contributed by atoms with Gasteiger partial charge in [0.1, 0.15) is 0 Å². The Balaban J connectivity index is 1.49. The van der Waals surface area contributed by atoms with E-state index in [0.29, 0.717) is 12.5 Å². The standard InChI is InChI=1S/C15H27N3O/c19-15(12-17-8-1-6-16-7-9-17)18(10-13-2-3-13)11-14-4-5-14/h13-14,16H,1-12H2. The van der Waals surface area contributed by atoms with Gasteiger partial charge in [0, 0.05) is 26.2 Å². The highest BCUT2D eigenvalue weighted by molar-refractivity contribution is 5.78. The topological polar surface area (TPSA) is 35.6 Å². The van der Waals surface area contributed by atoms with E-state index in [2.05, 4.69) is 15.1 Å². The van der Waals surface area contributed by atoms with Gasteiger partial charge in [-0.3, -0.25) is 9.69 Å². The van der Waals surface area contributed by atoms with Gasteiger partial charge in [0.2, 0.25) is 5.91 Å². The highest BCUT2D eigenvalue weighted by atomic mass is 16.2. The van der Waals surface area contributed by atoms with Gasteiger partial charge < -0.3 is 10.2 Å². The molecule has 0 radical (unpaired) electrons. The van der Waals surface area contributed by atoms with Crippen molar-refractivity contribution >= 4 is 5.91 Å². The van der Waals surface area contributed by atoms with Crippen LogP contribution in [0.15, 0.2) is 0 Å². The molecule has 2 saturated carbocycles. The third-order valence-electron chi connectivity index (χ3n) is 4.50. The summed E-state index contributed by atoms with van der Waals surface area (Å²) in [6, 6.07) is 0. The number of hydrogen-bond donors (Lipinski definition) is 1. The first-order valence-electron chi connectivity index (χ1n) is 8.02. The quantitative estimate of drug-likeness (QED) is 0.776. The van der Waals surface area contributed by atoms with E-state index in [9.17, 15) is 4.79 Å². The molecular formula is C15H27N3O. The lowest BCUT2D eigenvalue weighted by Crippen LogP contribution is -2.43. The molecule has 3 fully saturated rings. The van der Waals surface area contributed by atoms with Gasteiger partial charge in [0.15, 0.2) is 0 Å². The molecule has 0 bridgehead atoms. The van der Waals surface area contributed by atoms with Crippen LogP contribution in [-0.2, 0) is 4.79 Å². The smallest absolute Gasteiger partial charge is 0.236 e. The van der Waals surface area contributed by atoms with Crippen LogP contribution in [0.25, 0.3) is 0 Å². The number of amides is 1. The second-order valence-electron chi connectivity index (χ2n) is 6.57. The van der Waals surface area contributed by atoms with Crippen LogP contribution in [0.2, 0.25) is 0 Å². The molecule has 0 atom stereocenters. The summed E-state index contributed by atoms with van der Waals surface area (Å²) >= 11 is 0. The summed E-state index contributed by atoms with van der Waals surface area (Å²) < 4.78 is 0. The highest BCUT2D eigenvalue weighted by Gasteiger charge is 2.31. The Morgan fingerprint density at radius 3 is 2.37 bits per heavy atom. The van der Waals surface area contributed by atoms with Crippen LogP contribution in [0, 0.1) is 11.8 Å². The Labute approximate surface area is 116 Å². The van der Waals surface area contributed by atoms with Crippen molar-refractivity contribution in [1.29, 1.82) is 0 Å². The molecule has 0 spiro atoms. The van der Waals surface area contributed by atoms with Crippen LogP contribution < -0.4 is 5.32 Å². The number of nitrogens with zero attached hydrogens (tertiary/aromatic N) is 2. The molecule has 2 aliphatic carbocycles. The van der Waals surface area contributed by atoms with Gasteiger partial charge in [0.05, 0.1) is 6.54 Å². The van der Waals surface area contributed by atoms with E-state index in [1.165, 1.54) is 32.1 Å². The predicted molar refractivity (Wildman–Crippen MR) is 76.0 cm³/mol. The van der Waals surface area contributed by atoms with E-state index >= 15 is 0 Å². The maximum absolute atomic E-state index is 12.5. The third-order valence-corrected chi connectivity index (χ3v) is 4.50. The Kier molecular flexibility index (Phi) is 4.38. The first-order chi connectivity index (χ1) is 9.31. The molecule has 4 heteroatoms. The lowest BCUT2D eigenvalue weighted by atomic mass is 10.3. The van der Waals surface area contributed by atoms with Crippen LogP contribution in [0.4, 0.5) is 0 Å². The SMILES string of the molecule is O=C(CN1CCCNCC1)N(CC1CC1)CC1CC1. The summed E-state index contributed by atoms with van der Waals surface area (Å²) in [6.45, 7) is 6.91. The molecule has 0 aromatic carbocycles. The average molecular weight is 265 g/mol. The van der Waals surface area contributed by atoms with Crippen molar-refractivity contribution in [1.82, 2.24) is 15.1 Å². The molecule has 1 amide bonds. The molecule has 108 valence electrons. The molecule has 3 aliphatic rings. The van der Waals surface area contributed by atoms with Gasteiger partial charge in [-0.25, -0.2) is 0 Å². The van der Waals surface area contributed by atoms with Crippen molar-refractivity contribution in [3.63, 3.8) is 0 Å². The molecule has 4 nitrogen and oxygen atoms in total. The fourth-order valence-corrected chi connectivity index (χ4v) is 2.85. The van der Waals surface area contributed by atoms with Crippen LogP contribution in [-0.4, -0.2) is 61.5 Å². The molecule has 0 aromatic heterocycles. The maximum atomic E-state index is 12.5. The zero-order valence-electron chi connectivity index (χ0n) is 11.9. The Morgan fingerprint density at radius 1 is 1.05 bits per heavy atom. The number of rotatable bonds is 6. The summed E-state index contributed by atoms with van der Waals surface area (Å²) in [7, 11) is 0. The lowest BCUT2D eigenvalue weighted by molar-refractivity contribution is -0.132. The monoisotopic (exact) mass is 265 g/mol. The predicted octanol–water partition coefficient (Wildman–Crippen LogP) is 0.930. The van der Waals surface area contributed by atoms with Crippen LogP contribution >= 0.6 is 0 Å². The van der Waals surface area contributed by atoms with Crippen molar-refractivity contribution in [3.05, 3.63) is 0 Å². The molecule has 1 heterocycles. The minimum Gasteiger partial charge on any atom is -0.341 e. The molecular weight excluding hydrogens is 238 g/mol. The van der Waals surface area contributed by atoms with Gasteiger partial charge in [-0.05, 0) is 57.0 Å². The van der Waals surface area contributed by atoms with Crippen LogP contribution in [0.5, 0.6) is 0 Å². The van der Waals surface area contributed by atoms with E-state index in [1.807, 2.05) is 0 Å². The number of carbonyl (C=O) groups is 1. The van der Waals surface area contributed by atoms with E-state index in [0.717, 1.165) is 51.1 Å². The van der Waals surface area contributed by atoms with E-state index in [1.54, 1.807) is 0 Å². The molecule has 0 aromatic rings. The second-order valence-corrected chi connectivity index (χ2v) is 6.57. The van der Waals surface area contributed by atoms with Gasteiger partial charge in [-0.15, -0.1) is 0 Å². The van der Waals surface area contributed by atoms with Gasteiger partial charge >= 0.3 is 0 Å². The zero-order valence-corrected chi connectivity index (χ0v) is 11.9. The van der Waals surface area contributed by atoms with Gasteiger partial charge in [0.25, 0.3) is 0 Å². The molecule has 1 aliphatic heterocycles. The highest BCUT2D eigenvalue weighted by Crippen LogP contribution is 2.33. The average Bonchev–Trinajstić information content (AvgIpc) is 3.26. The summed E-state index contributed by atoms with van der Waals surface area (Å²) in [6.07, 6.45) is 6.51. The summed E-state index contributed by atoms with van der Waals surface area (Å²) in [4.78, 5) is 17.0. The lowest BCUT2D eigenvalue weighted by Gasteiger charge is -2.26. The zero-order chi connectivity index (χ0) is 13.1. The van der Waals surface area contributed by atoms with Crippen molar-refractivity contribution in [2.75, 3.05) is 45.8 Å². The summed E-state index contributed by atoms with van der Waals surface area (Å²) in [5.74, 6) is 2.00. The molecule has 19 heavy (non-hydrogen) atoms. The fraction of sp³-hybridized carbons (Fsp3) is 0.933. The van der Waals surface area contributed by atoms with Crippen molar-refractivity contribution in [2.45, 2.75) is 32.1 Å². The summed E-state index contributed by atoms with van der Waals surface area (Å²) in [5, 5.41) is 3.40. The Morgan fingerprint density at radius 2 is 1.74 bits per heavy atom. The van der Waals surface area contributed by atoms with Gasteiger partial charge in [-0.2, -0.15) is 0 Å².